The van der Waals surface area contributed by atoms with Gasteiger partial charge in [0.05, 0.1) is 18.2 Å². The largest absolute Gasteiger partial charge is 0.394 e. The Labute approximate surface area is 103 Å². The summed E-state index contributed by atoms with van der Waals surface area (Å²) < 4.78 is 0. The fourth-order valence-electron chi connectivity index (χ4n) is 1.77. The minimum Gasteiger partial charge on any atom is -0.394 e. The predicted molar refractivity (Wildman–Crippen MR) is 68.4 cm³/mol. The molecule has 3 nitrogen and oxygen atoms in total. The molecule has 0 aliphatic carbocycles. The third kappa shape index (κ3) is 3.55. The molecule has 0 radical (unpaired) electrons. The van der Waals surface area contributed by atoms with Crippen LogP contribution in [0.25, 0.3) is 0 Å². The first-order valence-electron chi connectivity index (χ1n) is 6.04. The number of hydrogen-bond donors (Lipinski definition) is 2. The summed E-state index contributed by atoms with van der Waals surface area (Å²) >= 11 is 0. The van der Waals surface area contributed by atoms with Gasteiger partial charge in [0, 0.05) is 12.1 Å². The number of nitriles is 1. The molecule has 1 aromatic carbocycles. The van der Waals surface area contributed by atoms with Crippen LogP contribution in [0.3, 0.4) is 0 Å². The second-order valence-electron chi connectivity index (χ2n) is 4.31. The Bertz CT molecular complexity index is 366. The summed E-state index contributed by atoms with van der Waals surface area (Å²) in [4.78, 5) is 0. The molecule has 17 heavy (non-hydrogen) atoms. The van der Waals surface area contributed by atoms with Crippen LogP contribution in [-0.2, 0) is 6.54 Å². The van der Waals surface area contributed by atoms with E-state index in [9.17, 15) is 5.11 Å². The normalized spacial score (nSPS) is 11.2. The molecule has 1 aromatic rings. The van der Waals surface area contributed by atoms with Gasteiger partial charge < -0.3 is 10.4 Å². The zero-order valence-corrected chi connectivity index (χ0v) is 10.5. The first-order valence-corrected chi connectivity index (χ1v) is 6.04. The van der Waals surface area contributed by atoms with Crippen LogP contribution in [-0.4, -0.2) is 17.3 Å². The predicted octanol–water partition coefficient (Wildman–Crippen LogP) is 2.20. The standard InChI is InChI=1S/C14H20N2O/c1-3-14(4-2,11-17)16-10-13-7-5-12(9-15)6-8-13/h5-8,16-17H,3-4,10-11H2,1-2H3. The zero-order valence-electron chi connectivity index (χ0n) is 10.5. The van der Waals surface area contributed by atoms with Gasteiger partial charge in [-0.05, 0) is 30.5 Å². The van der Waals surface area contributed by atoms with E-state index in [1.54, 1.807) is 0 Å². The summed E-state index contributed by atoms with van der Waals surface area (Å²) in [5, 5.41) is 21.5. The van der Waals surface area contributed by atoms with Gasteiger partial charge in [0.25, 0.3) is 0 Å². The van der Waals surface area contributed by atoms with Crippen molar-refractivity contribution in [3.63, 3.8) is 0 Å². The average Bonchev–Trinajstić information content (AvgIpc) is 2.41. The second-order valence-corrected chi connectivity index (χ2v) is 4.31. The number of hydrogen-bond acceptors (Lipinski definition) is 3. The minimum absolute atomic E-state index is 0.149. The Kier molecular flexibility index (Phi) is 5.14. The Morgan fingerprint density at radius 2 is 1.82 bits per heavy atom. The Morgan fingerprint density at radius 3 is 2.24 bits per heavy atom. The van der Waals surface area contributed by atoms with Gasteiger partial charge in [-0.15, -0.1) is 0 Å². The van der Waals surface area contributed by atoms with Crippen LogP contribution in [0.5, 0.6) is 0 Å². The molecule has 0 saturated carbocycles. The van der Waals surface area contributed by atoms with Gasteiger partial charge in [0.2, 0.25) is 0 Å². The maximum absolute atomic E-state index is 9.43. The summed E-state index contributed by atoms with van der Waals surface area (Å²) in [5.74, 6) is 0. The number of nitrogens with one attached hydrogen (secondary N) is 1. The molecular formula is C14H20N2O. The quantitative estimate of drug-likeness (QED) is 0.790. The van der Waals surface area contributed by atoms with E-state index in [1.807, 2.05) is 24.3 Å². The van der Waals surface area contributed by atoms with Gasteiger partial charge in [-0.1, -0.05) is 26.0 Å². The minimum atomic E-state index is -0.187. The molecule has 0 aliphatic heterocycles. The van der Waals surface area contributed by atoms with E-state index in [0.29, 0.717) is 12.1 Å². The highest BCUT2D eigenvalue weighted by molar-refractivity contribution is 5.31. The highest BCUT2D eigenvalue weighted by atomic mass is 16.3. The van der Waals surface area contributed by atoms with Crippen LogP contribution in [0.2, 0.25) is 0 Å². The first kappa shape index (κ1) is 13.7. The van der Waals surface area contributed by atoms with Crippen LogP contribution >= 0.6 is 0 Å². The Hall–Kier alpha value is -1.37. The highest BCUT2D eigenvalue weighted by Crippen LogP contribution is 2.15. The van der Waals surface area contributed by atoms with Crippen molar-refractivity contribution >= 4 is 0 Å². The van der Waals surface area contributed by atoms with Crippen LogP contribution in [0.15, 0.2) is 24.3 Å². The van der Waals surface area contributed by atoms with Crippen LogP contribution in [0, 0.1) is 11.3 Å². The van der Waals surface area contributed by atoms with Crippen molar-refractivity contribution in [1.82, 2.24) is 5.32 Å². The van der Waals surface area contributed by atoms with Crippen LogP contribution in [0.1, 0.15) is 37.8 Å². The van der Waals surface area contributed by atoms with E-state index in [4.69, 9.17) is 5.26 Å². The number of rotatable bonds is 6. The maximum atomic E-state index is 9.43. The Morgan fingerprint density at radius 1 is 1.24 bits per heavy atom. The lowest BCUT2D eigenvalue weighted by Gasteiger charge is -2.31. The van der Waals surface area contributed by atoms with Gasteiger partial charge in [-0.3, -0.25) is 0 Å². The monoisotopic (exact) mass is 232 g/mol. The average molecular weight is 232 g/mol. The number of benzene rings is 1. The van der Waals surface area contributed by atoms with Crippen molar-refractivity contribution in [1.29, 1.82) is 5.26 Å². The Balaban J connectivity index is 2.63. The van der Waals surface area contributed by atoms with E-state index >= 15 is 0 Å². The second kappa shape index (κ2) is 6.39. The fraction of sp³-hybridized carbons (Fsp3) is 0.500. The molecule has 0 amide bonds. The molecule has 0 bridgehead atoms. The van der Waals surface area contributed by atoms with E-state index in [1.165, 1.54) is 0 Å². The van der Waals surface area contributed by atoms with Gasteiger partial charge >= 0.3 is 0 Å². The van der Waals surface area contributed by atoms with Crippen molar-refractivity contribution in [2.24, 2.45) is 0 Å². The molecule has 0 spiro atoms. The number of aliphatic hydroxyl groups is 1. The van der Waals surface area contributed by atoms with E-state index in [-0.39, 0.29) is 12.1 Å². The topological polar surface area (TPSA) is 56.0 Å². The summed E-state index contributed by atoms with van der Waals surface area (Å²) in [6, 6.07) is 9.62. The third-order valence-corrected chi connectivity index (χ3v) is 3.41. The van der Waals surface area contributed by atoms with E-state index in [2.05, 4.69) is 25.2 Å². The van der Waals surface area contributed by atoms with Crippen molar-refractivity contribution in [3.8, 4) is 6.07 Å². The van der Waals surface area contributed by atoms with Gasteiger partial charge in [0.15, 0.2) is 0 Å². The summed E-state index contributed by atoms with van der Waals surface area (Å²) in [6.07, 6.45) is 1.80. The first-order chi connectivity index (χ1) is 8.19. The number of nitrogens with zero attached hydrogens (tertiary/aromatic N) is 1. The molecule has 92 valence electrons. The summed E-state index contributed by atoms with van der Waals surface area (Å²) in [7, 11) is 0. The molecule has 0 aromatic heterocycles. The smallest absolute Gasteiger partial charge is 0.0991 e. The van der Waals surface area contributed by atoms with Gasteiger partial charge in [-0.2, -0.15) is 5.26 Å². The highest BCUT2D eigenvalue weighted by Gasteiger charge is 2.23. The molecular weight excluding hydrogens is 212 g/mol. The zero-order chi connectivity index (χ0) is 12.7. The SMILES string of the molecule is CCC(CC)(CO)NCc1ccc(C#N)cc1. The molecule has 0 saturated heterocycles. The van der Waals surface area contributed by atoms with Gasteiger partial charge in [0.1, 0.15) is 0 Å². The van der Waals surface area contributed by atoms with Crippen molar-refractivity contribution in [2.75, 3.05) is 6.61 Å². The lowest BCUT2D eigenvalue weighted by Crippen LogP contribution is -2.47. The fourth-order valence-corrected chi connectivity index (χ4v) is 1.77. The van der Waals surface area contributed by atoms with Crippen LogP contribution < -0.4 is 5.32 Å². The van der Waals surface area contributed by atoms with Crippen LogP contribution in [0.4, 0.5) is 0 Å². The maximum Gasteiger partial charge on any atom is 0.0991 e. The summed E-state index contributed by atoms with van der Waals surface area (Å²) in [5.41, 5.74) is 1.62. The third-order valence-electron chi connectivity index (χ3n) is 3.41. The van der Waals surface area contributed by atoms with E-state index in [0.717, 1.165) is 18.4 Å². The molecule has 3 heteroatoms. The molecule has 0 heterocycles. The molecule has 1 rings (SSSR count). The van der Waals surface area contributed by atoms with Gasteiger partial charge in [-0.25, -0.2) is 0 Å². The molecule has 0 atom stereocenters. The molecule has 0 aliphatic rings. The lowest BCUT2D eigenvalue weighted by atomic mass is 9.93. The molecule has 2 N–H and O–H groups in total. The van der Waals surface area contributed by atoms with Crippen molar-refractivity contribution in [2.45, 2.75) is 38.8 Å². The van der Waals surface area contributed by atoms with Crippen molar-refractivity contribution < 1.29 is 5.11 Å². The van der Waals surface area contributed by atoms with E-state index < -0.39 is 0 Å². The number of aliphatic hydroxyl groups excluding tert-OH is 1. The summed E-state index contributed by atoms with van der Waals surface area (Å²) in [6.45, 7) is 5.02. The molecule has 0 fully saturated rings. The lowest BCUT2D eigenvalue weighted by molar-refractivity contribution is 0.149. The molecule has 0 unspecified atom stereocenters. The van der Waals surface area contributed by atoms with Crippen molar-refractivity contribution in [3.05, 3.63) is 35.4 Å².